The Morgan fingerprint density at radius 2 is 2.16 bits per heavy atom. The number of hydrogen-bond acceptors (Lipinski definition) is 5. The third-order valence-corrected chi connectivity index (χ3v) is 4.56. The van der Waals surface area contributed by atoms with Crippen LogP contribution < -0.4 is 0 Å². The second-order valence-electron chi connectivity index (χ2n) is 6.71. The molecule has 3 aromatic heterocycles. The van der Waals surface area contributed by atoms with Crippen molar-refractivity contribution in [2.45, 2.75) is 19.9 Å². The first kappa shape index (κ1) is 16.2. The summed E-state index contributed by atoms with van der Waals surface area (Å²) in [7, 11) is 0. The molecular weight excluding hydrogens is 314 g/mol. The topological polar surface area (TPSA) is 55.5 Å². The van der Waals surface area contributed by atoms with E-state index in [1.54, 1.807) is 6.20 Å². The predicted molar refractivity (Wildman–Crippen MR) is 95.3 cm³/mol. The van der Waals surface area contributed by atoms with Crippen LogP contribution in [0.25, 0.3) is 5.65 Å². The van der Waals surface area contributed by atoms with Crippen molar-refractivity contribution in [2.24, 2.45) is 5.92 Å². The molecule has 0 saturated carbocycles. The summed E-state index contributed by atoms with van der Waals surface area (Å²) in [6.07, 6.45) is 4.57. The van der Waals surface area contributed by atoms with E-state index in [0.717, 1.165) is 62.0 Å². The summed E-state index contributed by atoms with van der Waals surface area (Å²) in [4.78, 5) is 11.3. The molecule has 130 valence electrons. The van der Waals surface area contributed by atoms with Crippen LogP contribution in [0, 0.1) is 12.8 Å². The van der Waals surface area contributed by atoms with Crippen LogP contribution >= 0.6 is 0 Å². The fraction of sp³-hybridized carbons (Fsp3) is 0.421. The molecule has 0 bridgehead atoms. The van der Waals surface area contributed by atoms with Gasteiger partial charge in [-0.2, -0.15) is 5.10 Å². The fourth-order valence-electron chi connectivity index (χ4n) is 3.40. The molecule has 3 aromatic rings. The molecule has 0 aromatic carbocycles. The van der Waals surface area contributed by atoms with E-state index in [4.69, 9.17) is 4.74 Å². The zero-order chi connectivity index (χ0) is 17.1. The average molecular weight is 337 g/mol. The van der Waals surface area contributed by atoms with Gasteiger partial charge in [0, 0.05) is 43.6 Å². The number of fused-ring (bicyclic) bond motifs is 1. The molecule has 6 nitrogen and oxygen atoms in total. The Bertz CT molecular complexity index is 846. The zero-order valence-corrected chi connectivity index (χ0v) is 14.5. The lowest BCUT2D eigenvalue weighted by Crippen LogP contribution is -2.31. The average Bonchev–Trinajstić information content (AvgIpc) is 2.95. The van der Waals surface area contributed by atoms with Crippen LogP contribution in [0.3, 0.4) is 0 Å². The molecule has 0 aliphatic carbocycles. The van der Waals surface area contributed by atoms with E-state index in [2.05, 4.69) is 38.2 Å². The van der Waals surface area contributed by atoms with Gasteiger partial charge < -0.3 is 4.74 Å². The van der Waals surface area contributed by atoms with E-state index < -0.39 is 0 Å². The smallest absolute Gasteiger partial charge is 0.153 e. The maximum Gasteiger partial charge on any atom is 0.153 e. The Morgan fingerprint density at radius 3 is 3.08 bits per heavy atom. The SMILES string of the molecule is Cc1cccc(CN2CCOC[C@@H](Cc3ccc4nccn4n3)C2)n1. The van der Waals surface area contributed by atoms with Crippen LogP contribution in [-0.2, 0) is 17.7 Å². The summed E-state index contributed by atoms with van der Waals surface area (Å²) in [5.74, 6) is 0.431. The monoisotopic (exact) mass is 337 g/mol. The summed E-state index contributed by atoms with van der Waals surface area (Å²) in [5, 5.41) is 4.65. The molecule has 4 rings (SSSR count). The maximum atomic E-state index is 5.83. The highest BCUT2D eigenvalue weighted by Gasteiger charge is 2.20. The molecule has 6 heteroatoms. The molecule has 0 unspecified atom stereocenters. The zero-order valence-electron chi connectivity index (χ0n) is 14.5. The van der Waals surface area contributed by atoms with Gasteiger partial charge >= 0.3 is 0 Å². The van der Waals surface area contributed by atoms with Gasteiger partial charge in [-0.25, -0.2) is 9.50 Å². The van der Waals surface area contributed by atoms with Crippen LogP contribution in [0.2, 0.25) is 0 Å². The van der Waals surface area contributed by atoms with E-state index in [-0.39, 0.29) is 0 Å². The molecule has 0 spiro atoms. The van der Waals surface area contributed by atoms with Crippen LogP contribution in [0.1, 0.15) is 17.1 Å². The van der Waals surface area contributed by atoms with Crippen LogP contribution in [0.5, 0.6) is 0 Å². The lowest BCUT2D eigenvalue weighted by Gasteiger charge is -2.23. The number of rotatable bonds is 4. The molecule has 1 fully saturated rings. The molecule has 1 aliphatic heterocycles. The van der Waals surface area contributed by atoms with Crippen LogP contribution in [-0.4, -0.2) is 50.8 Å². The van der Waals surface area contributed by atoms with Crippen molar-refractivity contribution in [2.75, 3.05) is 26.3 Å². The molecule has 1 saturated heterocycles. The van der Waals surface area contributed by atoms with E-state index >= 15 is 0 Å². The van der Waals surface area contributed by atoms with Crippen molar-refractivity contribution in [3.8, 4) is 0 Å². The van der Waals surface area contributed by atoms with Gasteiger partial charge in [0.1, 0.15) is 0 Å². The van der Waals surface area contributed by atoms with Crippen LogP contribution in [0.4, 0.5) is 0 Å². The van der Waals surface area contributed by atoms with Gasteiger partial charge in [0.15, 0.2) is 5.65 Å². The first-order chi connectivity index (χ1) is 12.3. The molecule has 0 N–H and O–H groups in total. The van der Waals surface area contributed by atoms with Gasteiger partial charge in [0.2, 0.25) is 0 Å². The number of pyridine rings is 1. The Morgan fingerprint density at radius 1 is 1.20 bits per heavy atom. The van der Waals surface area contributed by atoms with Crippen LogP contribution in [0.15, 0.2) is 42.7 Å². The van der Waals surface area contributed by atoms with Crippen molar-refractivity contribution in [3.63, 3.8) is 0 Å². The number of ether oxygens (including phenoxy) is 1. The van der Waals surface area contributed by atoms with Gasteiger partial charge in [-0.3, -0.25) is 9.88 Å². The largest absolute Gasteiger partial charge is 0.380 e. The number of aryl methyl sites for hydroxylation is 1. The Hall–Kier alpha value is -2.31. The Balaban J connectivity index is 1.44. The third-order valence-electron chi connectivity index (χ3n) is 4.56. The van der Waals surface area contributed by atoms with Crippen molar-refractivity contribution in [3.05, 3.63) is 59.8 Å². The molecular formula is C19H23N5O. The highest BCUT2D eigenvalue weighted by Crippen LogP contribution is 2.15. The number of aromatic nitrogens is 4. The fourth-order valence-corrected chi connectivity index (χ4v) is 3.40. The maximum absolute atomic E-state index is 5.83. The minimum atomic E-state index is 0.431. The lowest BCUT2D eigenvalue weighted by atomic mass is 10.0. The normalized spacial score (nSPS) is 19.2. The quantitative estimate of drug-likeness (QED) is 0.730. The Kier molecular flexibility index (Phi) is 4.72. The van der Waals surface area contributed by atoms with E-state index in [1.165, 1.54) is 0 Å². The van der Waals surface area contributed by atoms with Gasteiger partial charge in [0.05, 0.1) is 24.6 Å². The van der Waals surface area contributed by atoms with E-state index in [1.807, 2.05) is 29.8 Å². The van der Waals surface area contributed by atoms with Gasteiger partial charge in [0.25, 0.3) is 0 Å². The summed E-state index contributed by atoms with van der Waals surface area (Å²) >= 11 is 0. The summed E-state index contributed by atoms with van der Waals surface area (Å²) < 4.78 is 7.67. The minimum Gasteiger partial charge on any atom is -0.380 e. The predicted octanol–water partition coefficient (Wildman–Crippen LogP) is 2.12. The number of imidazole rings is 1. The van der Waals surface area contributed by atoms with Crippen molar-refractivity contribution in [1.29, 1.82) is 0 Å². The lowest BCUT2D eigenvalue weighted by molar-refractivity contribution is 0.121. The molecule has 1 atom stereocenters. The first-order valence-corrected chi connectivity index (χ1v) is 8.78. The van der Waals surface area contributed by atoms with Crippen molar-refractivity contribution in [1.82, 2.24) is 24.5 Å². The summed E-state index contributed by atoms with van der Waals surface area (Å²) in [6, 6.07) is 10.3. The highest BCUT2D eigenvalue weighted by molar-refractivity contribution is 5.36. The van der Waals surface area contributed by atoms with E-state index in [9.17, 15) is 0 Å². The van der Waals surface area contributed by atoms with Crippen molar-refractivity contribution >= 4 is 5.65 Å². The molecule has 4 heterocycles. The third kappa shape index (κ3) is 4.03. The van der Waals surface area contributed by atoms with Gasteiger partial charge in [-0.1, -0.05) is 6.07 Å². The summed E-state index contributed by atoms with van der Waals surface area (Å²) in [5.41, 5.74) is 4.15. The van der Waals surface area contributed by atoms with E-state index in [0.29, 0.717) is 5.92 Å². The minimum absolute atomic E-state index is 0.431. The van der Waals surface area contributed by atoms with Gasteiger partial charge in [-0.05, 0) is 37.6 Å². The molecule has 25 heavy (non-hydrogen) atoms. The second-order valence-corrected chi connectivity index (χ2v) is 6.71. The first-order valence-electron chi connectivity index (χ1n) is 8.78. The summed E-state index contributed by atoms with van der Waals surface area (Å²) in [6.45, 7) is 6.41. The highest BCUT2D eigenvalue weighted by atomic mass is 16.5. The number of hydrogen-bond donors (Lipinski definition) is 0. The van der Waals surface area contributed by atoms with Gasteiger partial charge in [-0.15, -0.1) is 0 Å². The van der Waals surface area contributed by atoms with Crippen molar-refractivity contribution < 1.29 is 4.74 Å². The molecule has 1 aliphatic rings. The Labute approximate surface area is 147 Å². The number of nitrogens with zero attached hydrogens (tertiary/aromatic N) is 5. The standard InChI is InChI=1S/C19H23N5O/c1-15-3-2-4-18(21-15)13-23-9-10-25-14-16(12-23)11-17-5-6-19-20-7-8-24(19)22-17/h2-8,16H,9-14H2,1H3/t16-/m0/s1. The second kappa shape index (κ2) is 7.29. The molecule has 0 radical (unpaired) electrons. The molecule has 0 amide bonds.